The van der Waals surface area contributed by atoms with E-state index in [1.165, 1.54) is 12.1 Å². The zero-order chi connectivity index (χ0) is 11.9. The monoisotopic (exact) mass is 239 g/mol. The van der Waals surface area contributed by atoms with Crippen molar-refractivity contribution in [2.75, 3.05) is 6.54 Å². The first kappa shape index (κ1) is 10.8. The van der Waals surface area contributed by atoms with Gasteiger partial charge in [0.15, 0.2) is 0 Å². The van der Waals surface area contributed by atoms with Gasteiger partial charge >= 0.3 is 5.97 Å². The Morgan fingerprint density at radius 1 is 1.38 bits per heavy atom. The van der Waals surface area contributed by atoms with Crippen molar-refractivity contribution in [1.29, 1.82) is 0 Å². The number of fused-ring (bicyclic) bond motifs is 1. The average Bonchev–Trinajstić information content (AvgIpc) is 2.50. The zero-order valence-electron chi connectivity index (χ0n) is 8.17. The zero-order valence-corrected chi connectivity index (χ0v) is 8.99. The van der Waals surface area contributed by atoms with Crippen LogP contribution in [0.15, 0.2) is 28.5 Å². The molecule has 0 saturated heterocycles. The van der Waals surface area contributed by atoms with Gasteiger partial charge in [-0.3, -0.25) is 0 Å². The normalized spacial score (nSPS) is 16.7. The summed E-state index contributed by atoms with van der Waals surface area (Å²) in [5.74, 6) is -1.26. The minimum Gasteiger partial charge on any atom is -0.478 e. The lowest BCUT2D eigenvalue weighted by atomic mass is 10.0. The fourth-order valence-electron chi connectivity index (χ4n) is 1.73. The van der Waals surface area contributed by atoms with Gasteiger partial charge in [-0.25, -0.2) is 13.2 Å². The number of nitrogens with two attached hydrogens (primary N) is 1. The fourth-order valence-corrected chi connectivity index (χ4v) is 3.42. The molecule has 0 bridgehead atoms. The van der Waals surface area contributed by atoms with E-state index >= 15 is 0 Å². The van der Waals surface area contributed by atoms with Crippen LogP contribution in [0.25, 0.3) is 5.57 Å². The number of sulfone groups is 1. The molecule has 0 fully saturated rings. The van der Waals surface area contributed by atoms with Crippen molar-refractivity contribution in [2.45, 2.75) is 4.90 Å². The van der Waals surface area contributed by atoms with Crippen molar-refractivity contribution in [1.82, 2.24) is 0 Å². The van der Waals surface area contributed by atoms with Crippen LogP contribution in [0.4, 0.5) is 0 Å². The molecule has 0 atom stereocenters. The van der Waals surface area contributed by atoms with E-state index in [-0.39, 0.29) is 17.0 Å². The Morgan fingerprint density at radius 3 is 2.62 bits per heavy atom. The third-order valence-electron chi connectivity index (χ3n) is 2.39. The van der Waals surface area contributed by atoms with Crippen LogP contribution >= 0.6 is 0 Å². The van der Waals surface area contributed by atoms with Crippen LogP contribution in [0, 0.1) is 0 Å². The summed E-state index contributed by atoms with van der Waals surface area (Å²) in [6.07, 6.45) is 0. The molecule has 6 heteroatoms. The first-order chi connectivity index (χ1) is 7.47. The van der Waals surface area contributed by atoms with E-state index in [1.807, 2.05) is 0 Å². The molecule has 1 heterocycles. The summed E-state index contributed by atoms with van der Waals surface area (Å²) in [5, 5.41) is 9.95. The van der Waals surface area contributed by atoms with Gasteiger partial charge in [0.2, 0.25) is 9.84 Å². The number of hydrogen-bond donors (Lipinski definition) is 2. The second-order valence-electron chi connectivity index (χ2n) is 3.38. The molecular formula is C10H9NO4S. The SMILES string of the molecule is NCC1=CS(=O)(=O)c2c(C(=O)O)cccc21. The molecule has 16 heavy (non-hydrogen) atoms. The fraction of sp³-hybridized carbons (Fsp3) is 0.100. The Bertz CT molecular complexity index is 601. The average molecular weight is 239 g/mol. The highest BCUT2D eigenvalue weighted by Gasteiger charge is 2.31. The summed E-state index contributed by atoms with van der Waals surface area (Å²) >= 11 is 0. The van der Waals surface area contributed by atoms with E-state index in [0.29, 0.717) is 11.1 Å². The van der Waals surface area contributed by atoms with Crippen LogP contribution in [0.1, 0.15) is 15.9 Å². The van der Waals surface area contributed by atoms with Crippen molar-refractivity contribution >= 4 is 21.4 Å². The molecule has 0 radical (unpaired) electrons. The van der Waals surface area contributed by atoms with Crippen LogP contribution in [-0.2, 0) is 9.84 Å². The Hall–Kier alpha value is -1.66. The van der Waals surface area contributed by atoms with Gasteiger partial charge in [0.25, 0.3) is 0 Å². The number of rotatable bonds is 2. The summed E-state index contributed by atoms with van der Waals surface area (Å²) in [6, 6.07) is 4.34. The third-order valence-corrected chi connectivity index (χ3v) is 4.00. The van der Waals surface area contributed by atoms with Gasteiger partial charge in [-0.1, -0.05) is 12.1 Å². The van der Waals surface area contributed by atoms with E-state index in [9.17, 15) is 13.2 Å². The maximum atomic E-state index is 11.8. The lowest BCUT2D eigenvalue weighted by Gasteiger charge is -2.04. The standard InChI is InChI=1S/C10H9NO4S/c11-4-6-5-16(14,15)9-7(6)2-1-3-8(9)10(12)13/h1-3,5H,4,11H2,(H,12,13). The predicted octanol–water partition coefficient (Wildman–Crippen LogP) is 0.472. The third kappa shape index (κ3) is 1.43. The van der Waals surface area contributed by atoms with Gasteiger partial charge in [-0.15, -0.1) is 0 Å². The van der Waals surface area contributed by atoms with Gasteiger partial charge in [-0.2, -0.15) is 0 Å². The van der Waals surface area contributed by atoms with Crippen molar-refractivity contribution in [2.24, 2.45) is 5.73 Å². The lowest BCUT2D eigenvalue weighted by molar-refractivity contribution is 0.0692. The van der Waals surface area contributed by atoms with E-state index in [1.54, 1.807) is 6.07 Å². The molecule has 0 aliphatic carbocycles. The highest BCUT2D eigenvalue weighted by atomic mass is 32.2. The Kier molecular flexibility index (Phi) is 2.32. The van der Waals surface area contributed by atoms with Gasteiger partial charge in [0.1, 0.15) is 0 Å². The highest BCUT2D eigenvalue weighted by molar-refractivity contribution is 7.95. The molecule has 0 spiro atoms. The molecule has 1 aliphatic rings. The summed E-state index contributed by atoms with van der Waals surface area (Å²) in [5.41, 5.74) is 6.04. The Balaban J connectivity index is 2.82. The van der Waals surface area contributed by atoms with Gasteiger partial charge < -0.3 is 10.8 Å². The first-order valence-corrected chi connectivity index (χ1v) is 6.04. The van der Waals surface area contributed by atoms with Gasteiger partial charge in [0, 0.05) is 12.0 Å². The first-order valence-electron chi connectivity index (χ1n) is 4.50. The van der Waals surface area contributed by atoms with E-state index < -0.39 is 15.8 Å². The second kappa shape index (κ2) is 3.43. The van der Waals surface area contributed by atoms with Gasteiger partial charge in [0.05, 0.1) is 10.5 Å². The minimum atomic E-state index is -3.67. The molecule has 3 N–H and O–H groups in total. The van der Waals surface area contributed by atoms with Crippen molar-refractivity contribution in [3.8, 4) is 0 Å². The van der Waals surface area contributed by atoms with Crippen LogP contribution in [-0.4, -0.2) is 26.0 Å². The molecular weight excluding hydrogens is 230 g/mol. The maximum absolute atomic E-state index is 11.8. The number of aromatic carboxylic acids is 1. The Morgan fingerprint density at radius 2 is 2.06 bits per heavy atom. The molecule has 84 valence electrons. The van der Waals surface area contributed by atoms with Crippen LogP contribution < -0.4 is 5.73 Å². The number of carbonyl (C=O) groups is 1. The number of hydrogen-bond acceptors (Lipinski definition) is 4. The van der Waals surface area contributed by atoms with Crippen molar-refractivity contribution in [3.05, 3.63) is 34.7 Å². The molecule has 0 amide bonds. The number of carboxylic acid groups (broad SMARTS) is 1. The maximum Gasteiger partial charge on any atom is 0.337 e. The van der Waals surface area contributed by atoms with Crippen LogP contribution in [0.2, 0.25) is 0 Å². The summed E-state index contributed by atoms with van der Waals surface area (Å²) in [4.78, 5) is 10.8. The van der Waals surface area contributed by atoms with Crippen LogP contribution in [0.3, 0.4) is 0 Å². The van der Waals surface area contributed by atoms with E-state index in [2.05, 4.69) is 0 Å². The molecule has 1 aromatic rings. The molecule has 0 saturated carbocycles. The number of benzene rings is 1. The topological polar surface area (TPSA) is 97.5 Å². The number of carboxylic acids is 1. The molecule has 5 nitrogen and oxygen atoms in total. The molecule has 1 aliphatic heterocycles. The summed E-state index contributed by atoms with van der Waals surface area (Å²) in [7, 11) is -3.67. The van der Waals surface area contributed by atoms with Gasteiger partial charge in [-0.05, 0) is 17.2 Å². The molecule has 2 rings (SSSR count). The van der Waals surface area contributed by atoms with Crippen LogP contribution in [0.5, 0.6) is 0 Å². The quantitative estimate of drug-likeness (QED) is 0.781. The largest absolute Gasteiger partial charge is 0.478 e. The smallest absolute Gasteiger partial charge is 0.337 e. The predicted molar refractivity (Wildman–Crippen MR) is 57.6 cm³/mol. The second-order valence-corrected chi connectivity index (χ2v) is 5.11. The highest BCUT2D eigenvalue weighted by Crippen LogP contribution is 2.35. The van der Waals surface area contributed by atoms with E-state index in [4.69, 9.17) is 10.8 Å². The van der Waals surface area contributed by atoms with Crippen molar-refractivity contribution < 1.29 is 18.3 Å². The lowest BCUT2D eigenvalue weighted by Crippen LogP contribution is -2.06. The molecule has 0 aromatic heterocycles. The van der Waals surface area contributed by atoms with Crippen molar-refractivity contribution in [3.63, 3.8) is 0 Å². The molecule has 0 unspecified atom stereocenters. The Labute approximate surface area is 92.1 Å². The van der Waals surface area contributed by atoms with E-state index in [0.717, 1.165) is 5.41 Å². The summed E-state index contributed by atoms with van der Waals surface area (Å²) < 4.78 is 23.5. The summed E-state index contributed by atoms with van der Waals surface area (Å²) in [6.45, 7) is 0.0648. The minimum absolute atomic E-state index is 0.0648. The molecule has 1 aromatic carbocycles.